The zero-order chi connectivity index (χ0) is 17.3. The molecule has 0 amide bonds. The zero-order valence-corrected chi connectivity index (χ0v) is 13.0. The van der Waals surface area contributed by atoms with Crippen molar-refractivity contribution in [2.45, 2.75) is 25.2 Å². The highest BCUT2D eigenvalue weighted by molar-refractivity contribution is 6.00. The number of allylic oxidation sites excluding steroid dienone is 2. The second kappa shape index (κ2) is 5.91. The maximum absolute atomic E-state index is 13.8. The molecule has 1 N–H and O–H groups in total. The quantitative estimate of drug-likeness (QED) is 0.797. The predicted molar refractivity (Wildman–Crippen MR) is 85.1 cm³/mol. The van der Waals surface area contributed by atoms with Gasteiger partial charge in [0.05, 0.1) is 23.9 Å². The summed E-state index contributed by atoms with van der Waals surface area (Å²) in [6, 6.07) is 12.0. The van der Waals surface area contributed by atoms with E-state index in [4.69, 9.17) is 5.41 Å². The minimum absolute atomic E-state index is 0.186. The SMILES string of the molecule is N#C[C@H]1C(=N)C(C#N)(C#N)[C@H](c2cccc(F)c2)[C@H]2CCCC=C12. The van der Waals surface area contributed by atoms with Crippen molar-refractivity contribution in [3.8, 4) is 18.2 Å². The third kappa shape index (κ3) is 2.12. The van der Waals surface area contributed by atoms with Gasteiger partial charge >= 0.3 is 0 Å². The normalized spacial score (nSPS) is 27.8. The molecule has 118 valence electrons. The van der Waals surface area contributed by atoms with Crippen molar-refractivity contribution in [2.24, 2.45) is 17.3 Å². The second-order valence-corrected chi connectivity index (χ2v) is 6.28. The summed E-state index contributed by atoms with van der Waals surface area (Å²) >= 11 is 0. The Hall–Kier alpha value is -2.97. The molecule has 24 heavy (non-hydrogen) atoms. The van der Waals surface area contributed by atoms with Gasteiger partial charge in [-0.05, 0) is 48.4 Å². The number of nitrogens with zero attached hydrogens (tertiary/aromatic N) is 3. The lowest BCUT2D eigenvalue weighted by Crippen LogP contribution is -2.48. The van der Waals surface area contributed by atoms with Crippen molar-refractivity contribution >= 4 is 5.71 Å². The van der Waals surface area contributed by atoms with E-state index < -0.39 is 23.1 Å². The maximum atomic E-state index is 13.8. The highest BCUT2D eigenvalue weighted by Crippen LogP contribution is 2.55. The fraction of sp³-hybridized carbons (Fsp3) is 0.368. The van der Waals surface area contributed by atoms with Crippen molar-refractivity contribution in [2.75, 3.05) is 0 Å². The van der Waals surface area contributed by atoms with Gasteiger partial charge in [-0.15, -0.1) is 0 Å². The van der Waals surface area contributed by atoms with Gasteiger partial charge in [-0.3, -0.25) is 0 Å². The number of rotatable bonds is 1. The van der Waals surface area contributed by atoms with Crippen LogP contribution in [0.3, 0.4) is 0 Å². The van der Waals surface area contributed by atoms with Gasteiger partial charge in [0.2, 0.25) is 0 Å². The lowest BCUT2D eigenvalue weighted by Gasteiger charge is -2.45. The molecule has 0 aliphatic heterocycles. The molecule has 4 nitrogen and oxygen atoms in total. The fourth-order valence-corrected chi connectivity index (χ4v) is 4.09. The van der Waals surface area contributed by atoms with E-state index in [0.717, 1.165) is 24.8 Å². The van der Waals surface area contributed by atoms with Crippen LogP contribution in [0.4, 0.5) is 4.39 Å². The van der Waals surface area contributed by atoms with E-state index in [1.54, 1.807) is 12.1 Å². The van der Waals surface area contributed by atoms with E-state index in [-0.39, 0.29) is 11.6 Å². The Labute approximate surface area is 140 Å². The summed E-state index contributed by atoms with van der Waals surface area (Å²) < 4.78 is 13.8. The number of fused-ring (bicyclic) bond motifs is 1. The number of benzene rings is 1. The van der Waals surface area contributed by atoms with Crippen LogP contribution in [0.1, 0.15) is 30.7 Å². The number of nitrogens with one attached hydrogen (secondary N) is 1. The lowest BCUT2D eigenvalue weighted by molar-refractivity contribution is 0.319. The highest BCUT2D eigenvalue weighted by atomic mass is 19.1. The van der Waals surface area contributed by atoms with E-state index in [0.29, 0.717) is 5.56 Å². The number of halogens is 1. The molecule has 3 rings (SSSR count). The first-order valence-electron chi connectivity index (χ1n) is 7.85. The minimum Gasteiger partial charge on any atom is -0.305 e. The summed E-state index contributed by atoms with van der Waals surface area (Å²) in [5.41, 5.74) is -0.581. The Morgan fingerprint density at radius 3 is 2.58 bits per heavy atom. The molecule has 2 aliphatic rings. The van der Waals surface area contributed by atoms with Crippen LogP contribution in [0.15, 0.2) is 35.9 Å². The Morgan fingerprint density at radius 2 is 1.96 bits per heavy atom. The van der Waals surface area contributed by atoms with Crippen LogP contribution >= 0.6 is 0 Å². The third-order valence-electron chi connectivity index (χ3n) is 5.13. The molecule has 5 heteroatoms. The van der Waals surface area contributed by atoms with E-state index >= 15 is 0 Å². The summed E-state index contributed by atoms with van der Waals surface area (Å²) in [5, 5.41) is 37.5. The number of hydrogen-bond acceptors (Lipinski definition) is 4. The van der Waals surface area contributed by atoms with Gasteiger partial charge in [0, 0.05) is 5.92 Å². The average Bonchev–Trinajstić information content (AvgIpc) is 2.61. The third-order valence-corrected chi connectivity index (χ3v) is 5.13. The van der Waals surface area contributed by atoms with Gasteiger partial charge in [-0.2, -0.15) is 15.8 Å². The molecule has 0 bridgehead atoms. The number of hydrogen-bond donors (Lipinski definition) is 1. The van der Waals surface area contributed by atoms with E-state index in [2.05, 4.69) is 6.07 Å². The highest BCUT2D eigenvalue weighted by Gasteiger charge is 2.57. The molecule has 0 heterocycles. The average molecular weight is 318 g/mol. The molecule has 0 aromatic heterocycles. The Kier molecular flexibility index (Phi) is 3.92. The van der Waals surface area contributed by atoms with Crippen LogP contribution in [-0.2, 0) is 0 Å². The monoisotopic (exact) mass is 318 g/mol. The van der Waals surface area contributed by atoms with Gasteiger partial charge in [0.25, 0.3) is 0 Å². The first kappa shape index (κ1) is 15.9. The molecule has 0 radical (unpaired) electrons. The van der Waals surface area contributed by atoms with E-state index in [1.807, 2.05) is 18.2 Å². The summed E-state index contributed by atoms with van der Waals surface area (Å²) in [6.45, 7) is 0. The zero-order valence-electron chi connectivity index (χ0n) is 13.0. The molecule has 1 aromatic rings. The Bertz CT molecular complexity index is 835. The molecule has 1 aromatic carbocycles. The van der Waals surface area contributed by atoms with E-state index in [9.17, 15) is 20.2 Å². The summed E-state index contributed by atoms with van der Waals surface area (Å²) in [6.07, 6.45) is 4.39. The Balaban J connectivity index is 2.27. The van der Waals surface area contributed by atoms with Crippen molar-refractivity contribution in [3.05, 3.63) is 47.3 Å². The topological polar surface area (TPSA) is 95.2 Å². The van der Waals surface area contributed by atoms with Gasteiger partial charge in [-0.1, -0.05) is 18.2 Å². The van der Waals surface area contributed by atoms with Crippen molar-refractivity contribution in [1.29, 1.82) is 21.2 Å². The van der Waals surface area contributed by atoms with Gasteiger partial charge in [-0.25, -0.2) is 4.39 Å². The molecule has 1 fully saturated rings. The van der Waals surface area contributed by atoms with Gasteiger partial charge in [0.1, 0.15) is 11.7 Å². The van der Waals surface area contributed by atoms with Gasteiger partial charge in [0.15, 0.2) is 5.41 Å². The van der Waals surface area contributed by atoms with Crippen molar-refractivity contribution in [1.82, 2.24) is 0 Å². The van der Waals surface area contributed by atoms with Crippen LogP contribution in [0, 0.1) is 62.5 Å². The van der Waals surface area contributed by atoms with Crippen LogP contribution < -0.4 is 0 Å². The first-order valence-corrected chi connectivity index (χ1v) is 7.85. The molecule has 0 spiro atoms. The summed E-state index contributed by atoms with van der Waals surface area (Å²) in [5.74, 6) is -2.11. The summed E-state index contributed by atoms with van der Waals surface area (Å²) in [7, 11) is 0. The standard InChI is InChI=1S/C19H15FN4/c20-13-5-3-4-12(8-13)17-15-7-2-1-6-14(15)16(9-21)18(24)19(17,10-22)11-23/h3-6,8,15-17,24H,1-2,7H2/t15-,16+,17+/m0/s1. The van der Waals surface area contributed by atoms with Crippen molar-refractivity contribution < 1.29 is 4.39 Å². The lowest BCUT2D eigenvalue weighted by atomic mass is 9.53. The number of nitriles is 3. The van der Waals surface area contributed by atoms with Crippen LogP contribution in [0.2, 0.25) is 0 Å². The molecule has 1 saturated carbocycles. The smallest absolute Gasteiger partial charge is 0.189 e. The molecule has 0 unspecified atom stereocenters. The minimum atomic E-state index is -1.74. The molecule has 0 saturated heterocycles. The molecular formula is C19H15FN4. The molecule has 2 aliphatic carbocycles. The largest absolute Gasteiger partial charge is 0.305 e. The van der Waals surface area contributed by atoms with Crippen LogP contribution in [0.25, 0.3) is 0 Å². The first-order chi connectivity index (χ1) is 11.6. The second-order valence-electron chi connectivity index (χ2n) is 6.28. The Morgan fingerprint density at radius 1 is 1.21 bits per heavy atom. The predicted octanol–water partition coefficient (Wildman–Crippen LogP) is 3.84. The molecular weight excluding hydrogens is 303 g/mol. The maximum Gasteiger partial charge on any atom is 0.189 e. The fourth-order valence-electron chi connectivity index (χ4n) is 4.09. The van der Waals surface area contributed by atoms with Crippen molar-refractivity contribution in [3.63, 3.8) is 0 Å². The van der Waals surface area contributed by atoms with Crippen LogP contribution in [-0.4, -0.2) is 5.71 Å². The van der Waals surface area contributed by atoms with Crippen LogP contribution in [0.5, 0.6) is 0 Å². The van der Waals surface area contributed by atoms with Gasteiger partial charge < -0.3 is 5.41 Å². The van der Waals surface area contributed by atoms with E-state index in [1.165, 1.54) is 12.1 Å². The summed E-state index contributed by atoms with van der Waals surface area (Å²) in [4.78, 5) is 0. The molecule has 3 atom stereocenters.